The van der Waals surface area contributed by atoms with Crippen LogP contribution in [0.3, 0.4) is 0 Å². The lowest BCUT2D eigenvalue weighted by Gasteiger charge is -2.14. The zero-order valence-electron chi connectivity index (χ0n) is 9.68. The van der Waals surface area contributed by atoms with Gasteiger partial charge in [0.2, 0.25) is 0 Å². The molecule has 0 saturated heterocycles. The fraction of sp³-hybridized carbons (Fsp3) is 0.273. The van der Waals surface area contributed by atoms with Gasteiger partial charge in [-0.05, 0) is 41.1 Å². The van der Waals surface area contributed by atoms with Crippen molar-refractivity contribution in [3.8, 4) is 0 Å². The molecule has 1 aromatic carbocycles. The molecule has 0 fully saturated rings. The molecule has 0 unspecified atom stereocenters. The van der Waals surface area contributed by atoms with Gasteiger partial charge in [0.05, 0.1) is 11.6 Å². The predicted molar refractivity (Wildman–Crippen MR) is 69.4 cm³/mol. The maximum atomic E-state index is 13.3. The highest BCUT2D eigenvalue weighted by atomic mass is 79.9. The van der Waals surface area contributed by atoms with Crippen LogP contribution in [0, 0.1) is 0 Å². The number of anilines is 1. The average Bonchev–Trinajstić information content (AvgIpc) is 2.34. The van der Waals surface area contributed by atoms with Gasteiger partial charge in [-0.1, -0.05) is 11.6 Å². The molecule has 0 aliphatic rings. The van der Waals surface area contributed by atoms with Gasteiger partial charge in [0.15, 0.2) is 0 Å². The molecule has 0 radical (unpaired) electrons. The Morgan fingerprint density at radius 3 is 2.63 bits per heavy atom. The number of hydrogen-bond acceptors (Lipinski definition) is 3. The van der Waals surface area contributed by atoms with Crippen molar-refractivity contribution in [3.05, 3.63) is 27.7 Å². The first-order valence-corrected chi connectivity index (χ1v) is 6.27. The SMILES string of the molecule is CCOC(=O)C(F)(F)C(=O)Nc1ccc(Br)c(Cl)c1. The fourth-order valence-corrected chi connectivity index (χ4v) is 1.53. The van der Waals surface area contributed by atoms with Gasteiger partial charge in [0, 0.05) is 10.2 Å². The van der Waals surface area contributed by atoms with Crippen LogP contribution in [0.4, 0.5) is 14.5 Å². The summed E-state index contributed by atoms with van der Waals surface area (Å²) < 4.78 is 31.3. The number of nitrogens with one attached hydrogen (secondary N) is 1. The van der Waals surface area contributed by atoms with Gasteiger partial charge in [-0.25, -0.2) is 4.79 Å². The van der Waals surface area contributed by atoms with Crippen molar-refractivity contribution < 1.29 is 23.1 Å². The smallest absolute Gasteiger partial charge is 0.419 e. The van der Waals surface area contributed by atoms with Crippen LogP contribution in [0.2, 0.25) is 5.02 Å². The standard InChI is InChI=1S/C11H9BrClF2NO3/c1-2-19-10(18)11(14,15)9(17)16-6-3-4-7(12)8(13)5-6/h3-5H,2H2,1H3,(H,16,17). The number of halogens is 4. The highest BCUT2D eigenvalue weighted by molar-refractivity contribution is 9.10. The Kier molecular flexibility index (Phi) is 5.25. The number of amides is 1. The third-order valence-corrected chi connectivity index (χ3v) is 3.23. The zero-order valence-corrected chi connectivity index (χ0v) is 12.0. The van der Waals surface area contributed by atoms with Crippen LogP contribution >= 0.6 is 27.5 Å². The predicted octanol–water partition coefficient (Wildman–Crippen LogP) is 3.24. The molecular formula is C11H9BrClF2NO3. The summed E-state index contributed by atoms with van der Waals surface area (Å²) in [5.74, 6) is -7.92. The first kappa shape index (κ1) is 15.8. The molecule has 8 heteroatoms. The van der Waals surface area contributed by atoms with Gasteiger partial charge >= 0.3 is 17.8 Å². The summed E-state index contributed by atoms with van der Waals surface area (Å²) in [6, 6.07) is 4.10. The maximum Gasteiger partial charge on any atom is 0.419 e. The first-order chi connectivity index (χ1) is 8.78. The number of carbonyl (C=O) groups is 2. The van der Waals surface area contributed by atoms with Crippen LogP contribution in [0.5, 0.6) is 0 Å². The van der Waals surface area contributed by atoms with E-state index in [0.717, 1.165) is 0 Å². The number of alkyl halides is 2. The van der Waals surface area contributed by atoms with Crippen LogP contribution in [0.15, 0.2) is 22.7 Å². The van der Waals surface area contributed by atoms with E-state index in [1.165, 1.54) is 25.1 Å². The van der Waals surface area contributed by atoms with Crippen molar-refractivity contribution >= 4 is 45.1 Å². The number of esters is 1. The van der Waals surface area contributed by atoms with E-state index in [1.54, 1.807) is 0 Å². The zero-order chi connectivity index (χ0) is 14.6. The van der Waals surface area contributed by atoms with E-state index >= 15 is 0 Å². The number of hydrogen-bond donors (Lipinski definition) is 1. The third-order valence-electron chi connectivity index (χ3n) is 1.99. The van der Waals surface area contributed by atoms with E-state index in [0.29, 0.717) is 4.47 Å². The van der Waals surface area contributed by atoms with Gasteiger partial charge in [-0.3, -0.25) is 4.79 Å². The van der Waals surface area contributed by atoms with Gasteiger partial charge < -0.3 is 10.1 Å². The van der Waals surface area contributed by atoms with E-state index in [2.05, 4.69) is 20.7 Å². The molecule has 0 atom stereocenters. The molecule has 19 heavy (non-hydrogen) atoms. The van der Waals surface area contributed by atoms with Crippen LogP contribution in [0.1, 0.15) is 6.92 Å². The fourth-order valence-electron chi connectivity index (χ4n) is 1.10. The van der Waals surface area contributed by atoms with Gasteiger partial charge in [-0.15, -0.1) is 0 Å². The molecule has 1 rings (SSSR count). The molecular weight excluding hydrogens is 347 g/mol. The molecule has 0 aliphatic carbocycles. The Hall–Kier alpha value is -1.21. The Morgan fingerprint density at radius 2 is 2.11 bits per heavy atom. The van der Waals surface area contributed by atoms with Gasteiger partial charge in [-0.2, -0.15) is 8.78 Å². The summed E-state index contributed by atoms with van der Waals surface area (Å²) in [6.45, 7) is 1.12. The average molecular weight is 357 g/mol. The van der Waals surface area contributed by atoms with E-state index in [1.807, 2.05) is 5.32 Å². The highest BCUT2D eigenvalue weighted by Crippen LogP contribution is 2.26. The molecule has 0 spiro atoms. The number of benzene rings is 1. The molecule has 0 aliphatic heterocycles. The largest absolute Gasteiger partial charge is 0.461 e. The molecule has 1 aromatic rings. The van der Waals surface area contributed by atoms with Crippen LogP contribution < -0.4 is 5.32 Å². The summed E-state index contributed by atoms with van der Waals surface area (Å²) in [7, 11) is 0. The van der Waals surface area contributed by atoms with Crippen molar-refractivity contribution in [1.29, 1.82) is 0 Å². The minimum absolute atomic E-state index is 0.0437. The summed E-state index contributed by atoms with van der Waals surface area (Å²) in [5.41, 5.74) is 0.0437. The normalized spacial score (nSPS) is 11.0. The van der Waals surface area contributed by atoms with Crippen molar-refractivity contribution in [2.75, 3.05) is 11.9 Å². The quantitative estimate of drug-likeness (QED) is 0.665. The summed E-state index contributed by atoms with van der Waals surface area (Å²) >= 11 is 8.86. The van der Waals surface area contributed by atoms with Crippen LogP contribution in [-0.4, -0.2) is 24.4 Å². The van der Waals surface area contributed by atoms with E-state index in [-0.39, 0.29) is 17.3 Å². The first-order valence-electron chi connectivity index (χ1n) is 5.10. The Balaban J connectivity index is 2.83. The molecule has 104 valence electrons. The topological polar surface area (TPSA) is 55.4 Å². The summed E-state index contributed by atoms with van der Waals surface area (Å²) in [5, 5.41) is 2.13. The lowest BCUT2D eigenvalue weighted by molar-refractivity contribution is -0.175. The molecule has 0 heterocycles. The summed E-state index contributed by atoms with van der Waals surface area (Å²) in [4.78, 5) is 22.3. The van der Waals surface area contributed by atoms with Gasteiger partial charge in [0.1, 0.15) is 0 Å². The van der Waals surface area contributed by atoms with Crippen molar-refractivity contribution in [1.82, 2.24) is 0 Å². The minimum atomic E-state index is -4.25. The molecule has 0 aromatic heterocycles. The van der Waals surface area contributed by atoms with Crippen LogP contribution in [-0.2, 0) is 14.3 Å². The number of carbonyl (C=O) groups excluding carboxylic acids is 2. The van der Waals surface area contributed by atoms with E-state index in [4.69, 9.17) is 11.6 Å². The maximum absolute atomic E-state index is 13.3. The lowest BCUT2D eigenvalue weighted by Crippen LogP contribution is -2.43. The second kappa shape index (κ2) is 6.29. The lowest BCUT2D eigenvalue weighted by atomic mass is 10.2. The Bertz CT molecular complexity index is 511. The van der Waals surface area contributed by atoms with Crippen molar-refractivity contribution in [2.45, 2.75) is 12.8 Å². The number of rotatable bonds is 4. The second-order valence-electron chi connectivity index (χ2n) is 3.38. The van der Waals surface area contributed by atoms with Crippen LogP contribution in [0.25, 0.3) is 0 Å². The van der Waals surface area contributed by atoms with Crippen molar-refractivity contribution in [3.63, 3.8) is 0 Å². The third kappa shape index (κ3) is 3.87. The number of ether oxygens (including phenoxy) is 1. The highest BCUT2D eigenvalue weighted by Gasteiger charge is 2.49. The molecule has 0 bridgehead atoms. The van der Waals surface area contributed by atoms with E-state index in [9.17, 15) is 18.4 Å². The van der Waals surface area contributed by atoms with Crippen molar-refractivity contribution in [2.24, 2.45) is 0 Å². The molecule has 1 amide bonds. The Labute approximate surface area is 121 Å². The minimum Gasteiger partial charge on any atom is -0.461 e. The molecule has 4 nitrogen and oxygen atoms in total. The Morgan fingerprint density at radius 1 is 1.47 bits per heavy atom. The molecule has 0 saturated carbocycles. The second-order valence-corrected chi connectivity index (χ2v) is 4.64. The summed E-state index contributed by atoms with van der Waals surface area (Å²) in [6.07, 6.45) is 0. The van der Waals surface area contributed by atoms with Gasteiger partial charge in [0.25, 0.3) is 0 Å². The molecule has 1 N–H and O–H groups in total. The monoisotopic (exact) mass is 355 g/mol. The van der Waals surface area contributed by atoms with E-state index < -0.39 is 17.8 Å².